The van der Waals surface area contributed by atoms with E-state index < -0.39 is 0 Å². The summed E-state index contributed by atoms with van der Waals surface area (Å²) < 4.78 is 14.0. The maximum atomic E-state index is 13.2. The van der Waals surface area contributed by atoms with Crippen LogP contribution >= 0.6 is 15.9 Å². The average molecular weight is 301 g/mol. The topological polar surface area (TPSA) is 29.3 Å². The van der Waals surface area contributed by atoms with Gasteiger partial charge in [-0.15, -0.1) is 0 Å². The molecule has 2 nitrogen and oxygen atoms in total. The van der Waals surface area contributed by atoms with Gasteiger partial charge in [-0.25, -0.2) is 4.39 Å². The zero-order valence-electron chi connectivity index (χ0n) is 10.00. The fourth-order valence-corrected chi connectivity index (χ4v) is 2.91. The number of benzene rings is 1. The molecule has 0 radical (unpaired) electrons. The van der Waals surface area contributed by atoms with Gasteiger partial charge < -0.3 is 5.73 Å². The molecule has 4 heteroatoms. The Kier molecular flexibility index (Phi) is 4.17. The molecule has 2 rings (SSSR count). The third-order valence-corrected chi connectivity index (χ3v) is 3.84. The Bertz CT molecular complexity index is 375. The van der Waals surface area contributed by atoms with Gasteiger partial charge in [0.05, 0.1) is 0 Å². The standard InChI is InChI=1S/C13H18BrFN2/c1-9(16)11-2-3-17(8-11)7-10-4-12(14)6-13(15)5-10/h4-6,9,11H,2-3,7-8,16H2,1H3. The summed E-state index contributed by atoms with van der Waals surface area (Å²) in [6.07, 6.45) is 1.15. The molecule has 0 spiro atoms. The molecule has 0 bridgehead atoms. The zero-order chi connectivity index (χ0) is 12.4. The minimum absolute atomic E-state index is 0.183. The molecule has 1 fully saturated rings. The molecule has 1 aliphatic heterocycles. The average Bonchev–Trinajstić information content (AvgIpc) is 2.64. The molecule has 0 aromatic heterocycles. The quantitative estimate of drug-likeness (QED) is 0.930. The number of nitrogens with zero attached hydrogens (tertiary/aromatic N) is 1. The Morgan fingerprint density at radius 2 is 2.29 bits per heavy atom. The summed E-state index contributed by atoms with van der Waals surface area (Å²) in [5, 5.41) is 0. The van der Waals surface area contributed by atoms with Crippen molar-refractivity contribution in [1.29, 1.82) is 0 Å². The highest BCUT2D eigenvalue weighted by Gasteiger charge is 2.25. The first-order valence-electron chi connectivity index (χ1n) is 5.97. The minimum atomic E-state index is -0.183. The first kappa shape index (κ1) is 13.0. The van der Waals surface area contributed by atoms with E-state index in [2.05, 4.69) is 27.8 Å². The molecule has 1 aliphatic rings. The van der Waals surface area contributed by atoms with Gasteiger partial charge in [-0.3, -0.25) is 4.90 Å². The maximum absolute atomic E-state index is 13.2. The summed E-state index contributed by atoms with van der Waals surface area (Å²) in [7, 11) is 0. The summed E-state index contributed by atoms with van der Waals surface area (Å²) in [6, 6.07) is 5.31. The van der Waals surface area contributed by atoms with Gasteiger partial charge in [0.15, 0.2) is 0 Å². The van der Waals surface area contributed by atoms with Gasteiger partial charge in [-0.1, -0.05) is 15.9 Å². The smallest absolute Gasteiger partial charge is 0.124 e. The Hall–Kier alpha value is -0.450. The second kappa shape index (κ2) is 5.46. The Morgan fingerprint density at radius 3 is 2.88 bits per heavy atom. The summed E-state index contributed by atoms with van der Waals surface area (Å²) in [5.41, 5.74) is 6.92. The van der Waals surface area contributed by atoms with Crippen molar-refractivity contribution >= 4 is 15.9 Å². The van der Waals surface area contributed by atoms with Crippen molar-refractivity contribution in [2.75, 3.05) is 13.1 Å². The number of nitrogens with two attached hydrogens (primary N) is 1. The van der Waals surface area contributed by atoms with Gasteiger partial charge in [0.1, 0.15) is 5.82 Å². The zero-order valence-corrected chi connectivity index (χ0v) is 11.6. The van der Waals surface area contributed by atoms with Gasteiger partial charge in [-0.05, 0) is 49.6 Å². The molecule has 1 aromatic rings. The van der Waals surface area contributed by atoms with Crippen molar-refractivity contribution in [3.8, 4) is 0 Å². The highest BCUT2D eigenvalue weighted by atomic mass is 79.9. The molecule has 0 saturated carbocycles. The number of rotatable bonds is 3. The molecule has 2 N–H and O–H groups in total. The highest BCUT2D eigenvalue weighted by Crippen LogP contribution is 2.22. The molecule has 1 aromatic carbocycles. The second-order valence-corrected chi connectivity index (χ2v) is 5.84. The van der Waals surface area contributed by atoms with Crippen LogP contribution in [0.15, 0.2) is 22.7 Å². The lowest BCUT2D eigenvalue weighted by Crippen LogP contribution is -2.29. The Labute approximate surface area is 110 Å². The van der Waals surface area contributed by atoms with Crippen molar-refractivity contribution in [2.24, 2.45) is 11.7 Å². The number of likely N-dealkylation sites (tertiary alicyclic amines) is 1. The van der Waals surface area contributed by atoms with Crippen molar-refractivity contribution in [1.82, 2.24) is 4.90 Å². The van der Waals surface area contributed by atoms with Crippen molar-refractivity contribution in [3.05, 3.63) is 34.1 Å². The lowest BCUT2D eigenvalue weighted by atomic mass is 10.0. The molecule has 1 saturated heterocycles. The summed E-state index contributed by atoms with van der Waals surface area (Å²) in [6.45, 7) is 4.94. The van der Waals surface area contributed by atoms with E-state index in [1.807, 2.05) is 6.07 Å². The van der Waals surface area contributed by atoms with Crippen LogP contribution in [0.5, 0.6) is 0 Å². The van der Waals surface area contributed by atoms with Crippen LogP contribution in [-0.2, 0) is 6.54 Å². The molecule has 2 atom stereocenters. The number of halogens is 2. The van der Waals surface area contributed by atoms with Crippen LogP contribution < -0.4 is 5.73 Å². The first-order valence-corrected chi connectivity index (χ1v) is 6.77. The van der Waals surface area contributed by atoms with Crippen LogP contribution in [0.3, 0.4) is 0 Å². The van der Waals surface area contributed by atoms with E-state index in [1.165, 1.54) is 6.07 Å². The maximum Gasteiger partial charge on any atom is 0.124 e. The molecular weight excluding hydrogens is 283 g/mol. The van der Waals surface area contributed by atoms with Crippen LogP contribution in [0, 0.1) is 11.7 Å². The molecule has 17 heavy (non-hydrogen) atoms. The number of hydrogen-bond acceptors (Lipinski definition) is 2. The van der Waals surface area contributed by atoms with Crippen LogP contribution in [0.4, 0.5) is 4.39 Å². The van der Waals surface area contributed by atoms with E-state index in [1.54, 1.807) is 6.07 Å². The summed E-state index contributed by atoms with van der Waals surface area (Å²) in [4.78, 5) is 2.34. The van der Waals surface area contributed by atoms with E-state index in [4.69, 9.17) is 5.73 Å². The number of hydrogen-bond donors (Lipinski definition) is 1. The van der Waals surface area contributed by atoms with Gasteiger partial charge in [0.25, 0.3) is 0 Å². The largest absolute Gasteiger partial charge is 0.328 e. The van der Waals surface area contributed by atoms with Crippen LogP contribution in [0.2, 0.25) is 0 Å². The predicted octanol–water partition coefficient (Wildman–Crippen LogP) is 2.76. The van der Waals surface area contributed by atoms with E-state index in [9.17, 15) is 4.39 Å². The van der Waals surface area contributed by atoms with Crippen LogP contribution in [0.25, 0.3) is 0 Å². The third kappa shape index (κ3) is 3.50. The van der Waals surface area contributed by atoms with Gasteiger partial charge >= 0.3 is 0 Å². The van der Waals surface area contributed by atoms with Gasteiger partial charge in [0, 0.05) is 23.6 Å². The summed E-state index contributed by atoms with van der Waals surface area (Å²) >= 11 is 3.32. The van der Waals surface area contributed by atoms with Gasteiger partial charge in [-0.2, -0.15) is 0 Å². The SMILES string of the molecule is CC(N)C1CCN(Cc2cc(F)cc(Br)c2)C1. The minimum Gasteiger partial charge on any atom is -0.328 e. The lowest BCUT2D eigenvalue weighted by molar-refractivity contribution is 0.308. The van der Waals surface area contributed by atoms with Crippen LogP contribution in [-0.4, -0.2) is 24.0 Å². The highest BCUT2D eigenvalue weighted by molar-refractivity contribution is 9.10. The molecule has 2 unspecified atom stereocenters. The fraction of sp³-hybridized carbons (Fsp3) is 0.538. The first-order chi connectivity index (χ1) is 8.04. The fourth-order valence-electron chi connectivity index (χ4n) is 2.40. The molecule has 0 aliphatic carbocycles. The van der Waals surface area contributed by atoms with Crippen LogP contribution in [0.1, 0.15) is 18.9 Å². The molecule has 1 heterocycles. The lowest BCUT2D eigenvalue weighted by Gasteiger charge is -2.18. The van der Waals surface area contributed by atoms with Gasteiger partial charge in [0.2, 0.25) is 0 Å². The Morgan fingerprint density at radius 1 is 1.53 bits per heavy atom. The van der Waals surface area contributed by atoms with Crippen molar-refractivity contribution < 1.29 is 4.39 Å². The van der Waals surface area contributed by atoms with Crippen molar-refractivity contribution in [2.45, 2.75) is 25.9 Å². The van der Waals surface area contributed by atoms with E-state index in [-0.39, 0.29) is 11.9 Å². The third-order valence-electron chi connectivity index (χ3n) is 3.38. The van der Waals surface area contributed by atoms with Crippen molar-refractivity contribution in [3.63, 3.8) is 0 Å². The van der Waals surface area contributed by atoms with E-state index >= 15 is 0 Å². The monoisotopic (exact) mass is 300 g/mol. The summed E-state index contributed by atoms with van der Waals surface area (Å²) in [5.74, 6) is 0.393. The molecule has 94 valence electrons. The second-order valence-electron chi connectivity index (χ2n) is 4.92. The molecular formula is C13H18BrFN2. The molecule has 0 amide bonds. The normalized spacial score (nSPS) is 22.9. The van der Waals surface area contributed by atoms with E-state index in [0.29, 0.717) is 5.92 Å². The Balaban J connectivity index is 1.98. The predicted molar refractivity (Wildman–Crippen MR) is 71.1 cm³/mol. The van der Waals surface area contributed by atoms with E-state index in [0.717, 1.165) is 36.1 Å².